The molecule has 5 saturated heterocycles. The summed E-state index contributed by atoms with van der Waals surface area (Å²) in [5, 5.41) is 54.2. The van der Waals surface area contributed by atoms with E-state index in [1.807, 2.05) is 138 Å². The predicted molar refractivity (Wildman–Crippen MR) is 436 cm³/mol. The number of carbonyl (C=O) groups is 3. The minimum absolute atomic E-state index is 0.0154. The maximum absolute atomic E-state index is 13.6. The van der Waals surface area contributed by atoms with E-state index in [9.17, 15) is 51.2 Å². The van der Waals surface area contributed by atoms with Crippen LogP contribution in [0.15, 0.2) is 190 Å². The monoisotopic (exact) mass is 1600 g/mol. The number of hydrogen-bond acceptors (Lipinski definition) is 19. The zero-order chi connectivity index (χ0) is 80.2. The zero-order valence-corrected chi connectivity index (χ0v) is 65.8. The lowest BCUT2D eigenvalue weighted by Gasteiger charge is -2.37. The van der Waals surface area contributed by atoms with Crippen LogP contribution in [0.2, 0.25) is 0 Å². The van der Waals surface area contributed by atoms with E-state index in [1.165, 1.54) is 18.7 Å². The summed E-state index contributed by atoms with van der Waals surface area (Å²) < 4.78 is 68.0. The molecule has 5 aliphatic heterocycles. The van der Waals surface area contributed by atoms with Crippen molar-refractivity contribution in [3.05, 3.63) is 236 Å². The Bertz CT molecular complexity index is 4830. The molecule has 0 unspecified atom stereocenters. The van der Waals surface area contributed by atoms with Crippen LogP contribution in [0.3, 0.4) is 0 Å². The van der Waals surface area contributed by atoms with Crippen LogP contribution in [0.5, 0.6) is 0 Å². The number of carbonyl (C=O) groups excluding carboxylic acids is 2. The second kappa shape index (κ2) is 41.4. The average molecular weight is 1600 g/mol. The summed E-state index contributed by atoms with van der Waals surface area (Å²) >= 11 is 3.29. The lowest BCUT2D eigenvalue weighted by atomic mass is 9.88. The van der Waals surface area contributed by atoms with E-state index >= 15 is 0 Å². The lowest BCUT2D eigenvalue weighted by molar-refractivity contribution is 0.0598. The Balaban J connectivity index is 0.000000186. The van der Waals surface area contributed by atoms with Gasteiger partial charge in [-0.05, 0) is 185 Å². The van der Waals surface area contributed by atoms with Crippen LogP contribution in [-0.4, -0.2) is 163 Å². The summed E-state index contributed by atoms with van der Waals surface area (Å²) in [5.74, 6) is -0.655. The number of para-hydroxylation sites is 5. The fraction of sp³-hybridized carbons (Fsp3) is 0.349. The normalized spacial score (nSPS) is 15.5. The van der Waals surface area contributed by atoms with Crippen molar-refractivity contribution >= 4 is 87.9 Å². The molecule has 0 bridgehead atoms. The van der Waals surface area contributed by atoms with Gasteiger partial charge in [0.25, 0.3) is 5.91 Å². The molecule has 0 aliphatic carbocycles. The average Bonchev–Trinajstić information content (AvgIpc) is 0.784. The topological polar surface area (TPSA) is 342 Å². The number of sulfonamides is 2. The summed E-state index contributed by atoms with van der Waals surface area (Å²) in [6.07, 6.45) is 6.91. The molecule has 1 amide bonds. The molecule has 13 rings (SSSR count). The number of rotatable bonds is 14. The smallest absolute Gasteiger partial charge is 0.338 e. The number of halogens is 2. The summed E-state index contributed by atoms with van der Waals surface area (Å²) in [6, 6.07) is 61.4. The number of nitrogens with two attached hydrogens (primary N) is 3. The van der Waals surface area contributed by atoms with Gasteiger partial charge in [-0.15, -0.1) is 0 Å². The first-order valence-electron chi connectivity index (χ1n) is 37.1. The molecule has 0 spiro atoms. The van der Waals surface area contributed by atoms with Gasteiger partial charge < -0.3 is 55.6 Å². The maximum Gasteiger partial charge on any atom is 0.338 e. The molecule has 27 heteroatoms. The second-order valence-corrected chi connectivity index (χ2v) is 31.2. The van der Waals surface area contributed by atoms with Gasteiger partial charge in [0, 0.05) is 119 Å². The highest BCUT2D eigenvalue weighted by Gasteiger charge is 2.29. The maximum atomic E-state index is 13.6. The highest BCUT2D eigenvalue weighted by atomic mass is 79.9. The van der Waals surface area contributed by atoms with Gasteiger partial charge in [-0.1, -0.05) is 101 Å². The van der Waals surface area contributed by atoms with E-state index in [1.54, 1.807) is 55.5 Å². The Hall–Kier alpha value is -10.4. The van der Waals surface area contributed by atoms with Crippen LogP contribution in [0.4, 0.5) is 38.5 Å². The quantitative estimate of drug-likeness (QED) is 0.0551. The van der Waals surface area contributed by atoms with Crippen molar-refractivity contribution in [2.75, 3.05) is 136 Å². The van der Waals surface area contributed by atoms with Gasteiger partial charge in [-0.25, -0.2) is 36.7 Å². The first kappa shape index (κ1) is 83.6. The molecule has 0 radical (unpaired) electrons. The lowest BCUT2D eigenvalue weighted by Crippen LogP contribution is -2.49. The number of hydrogen-bond donors (Lipinski definition) is 6. The Morgan fingerprint density at radius 1 is 0.545 bits per heavy atom. The summed E-state index contributed by atoms with van der Waals surface area (Å²) in [6.45, 7) is 16.5. The summed E-state index contributed by atoms with van der Waals surface area (Å²) in [5.41, 5.74) is 18.7. The molecule has 5 aliphatic rings. The first-order valence-corrected chi connectivity index (χ1v) is 40.3. The van der Waals surface area contributed by atoms with Gasteiger partial charge in [0.2, 0.25) is 20.0 Å². The minimum atomic E-state index is -3.84. The van der Waals surface area contributed by atoms with Gasteiger partial charge in [-0.3, -0.25) is 9.18 Å². The molecule has 23 nitrogen and oxygen atoms in total. The Morgan fingerprint density at radius 3 is 1.41 bits per heavy atom. The Labute approximate surface area is 656 Å². The van der Waals surface area contributed by atoms with E-state index < -0.39 is 33.2 Å². The third-order valence-electron chi connectivity index (χ3n) is 20.0. The number of carboxylic acids is 1. The number of nitriles is 3. The molecule has 0 saturated carbocycles. The van der Waals surface area contributed by atoms with Gasteiger partial charge in [-0.2, -0.15) is 15.8 Å². The van der Waals surface area contributed by atoms with E-state index in [0.717, 1.165) is 171 Å². The largest absolute Gasteiger partial charge is 0.478 e. The number of anilines is 6. The standard InChI is InChI=1S/C31H35N5O3S.C20H21N3O2.C12H15N3.C10H15N3O2S.C9H9BrO2.CH3F/c1-23-10-11-25(20-24-12-14-34(15-13-24)28-7-3-2-6-26(28)22-32)21-27(23)31(37)36-18-16-35(17-19-36)29-8-4-5-9-30(29)40(33,38)39;1-14-6-7-17(12-18(14)20(24)25)22-16-8-10-23(11-9-16)19-5-3-2-4-15(19)13-21;13-9-10-3-1-2-4-12(10)15-7-5-11(14)6-8-15;11-16(14,15)10-4-2-1-3-9(10)13-7-5-12-6-8-13;1-6-3-4-7(10)5-8(6)9(11)12-2;1-2/h2-11,21,24H,12-20H2,1H3,(H2,33,38,39);2-7,12,16,22H,8-11H2,1H3,(H,24,25);1-4,11H,5-8,14H2;1-4,12H,5-8H2,(H2,11,14,15);3-5H,1-2H3;1H3/i;;;;;1D. The number of methoxy groups -OCH3 is 1. The summed E-state index contributed by atoms with van der Waals surface area (Å²) in [7, 11) is -7.10. The fourth-order valence-electron chi connectivity index (χ4n) is 13.9. The molecule has 110 heavy (non-hydrogen) atoms. The van der Waals surface area contributed by atoms with Gasteiger partial charge >= 0.3 is 11.9 Å². The van der Waals surface area contributed by atoms with Gasteiger partial charge in [0.1, 0.15) is 28.0 Å². The fourth-order valence-corrected chi connectivity index (χ4v) is 15.8. The molecule has 8 aromatic rings. The second-order valence-electron chi connectivity index (χ2n) is 27.2. The number of amides is 1. The van der Waals surface area contributed by atoms with Crippen molar-refractivity contribution in [2.45, 2.75) is 87.6 Å². The molecule has 8 aromatic carbocycles. The zero-order valence-electron chi connectivity index (χ0n) is 63.6. The number of nitrogens with zero attached hydrogens (tertiary/aromatic N) is 9. The van der Waals surface area contributed by atoms with E-state index in [4.69, 9.17) is 22.6 Å². The molecule has 5 heterocycles. The number of piperazine rings is 2. The number of piperidine rings is 3. The van der Waals surface area contributed by atoms with E-state index in [-0.39, 0.29) is 21.7 Å². The molecule has 9 N–H and O–H groups in total. The molecule has 0 aromatic heterocycles. The number of nitrogens with one attached hydrogen (secondary N) is 2. The third kappa shape index (κ3) is 23.8. The van der Waals surface area contributed by atoms with Gasteiger partial charge in [0.05, 0.1) is 71.9 Å². The molecular formula is C83H98BrFN14O9S2. The third-order valence-corrected chi connectivity index (χ3v) is 22.4. The van der Waals surface area contributed by atoms with Crippen LogP contribution in [0, 0.1) is 60.7 Å². The molecule has 0 atom stereocenters. The highest BCUT2D eigenvalue weighted by molar-refractivity contribution is 9.10. The van der Waals surface area contributed by atoms with Crippen molar-refractivity contribution < 1.29 is 46.8 Å². The van der Waals surface area contributed by atoms with Crippen molar-refractivity contribution in [1.82, 2.24) is 10.2 Å². The predicted octanol–water partition coefficient (Wildman–Crippen LogP) is 11.9. The van der Waals surface area contributed by atoms with Crippen LogP contribution < -0.4 is 51.1 Å². The van der Waals surface area contributed by atoms with Crippen LogP contribution in [0.25, 0.3) is 0 Å². The number of ether oxygens (including phenoxy) is 1. The molecular weight excluding hydrogens is 1500 g/mol. The molecule has 5 fully saturated rings. The van der Waals surface area contributed by atoms with Gasteiger partial charge in [0.15, 0.2) is 0 Å². The Morgan fingerprint density at radius 2 is 0.945 bits per heavy atom. The van der Waals surface area contributed by atoms with E-state index in [0.29, 0.717) is 72.2 Å². The minimum Gasteiger partial charge on any atom is -0.478 e. The number of aryl methyl sites for hydroxylation is 3. The van der Waals surface area contributed by atoms with Crippen molar-refractivity contribution in [1.29, 1.82) is 15.8 Å². The number of alkyl halides is 1. The van der Waals surface area contributed by atoms with E-state index in [2.05, 4.69) is 76.3 Å². The number of aromatic carboxylic acids is 1. The first-order chi connectivity index (χ1) is 53.3. The highest BCUT2D eigenvalue weighted by Crippen LogP contribution is 2.32. The van der Waals surface area contributed by atoms with Crippen molar-refractivity contribution in [2.24, 2.45) is 21.9 Å². The van der Waals surface area contributed by atoms with Crippen LogP contribution >= 0.6 is 15.9 Å². The number of benzene rings is 8. The number of primary sulfonamides is 2. The number of esters is 1. The SMILES string of the molecule is COC(=O)c1cc(Br)ccc1C.Cc1ccc(CC2CCN(c3ccccc3C#N)CC2)cc1C(=O)N1CCN(c2ccccc2S(N)(=O)=O)CC1.Cc1ccc(NC2CCN(c3ccccc3C#N)CC2)cc1C(=O)O.N#Cc1ccccc1N1CCC(N)CC1.NS(=O)(=O)c1ccccc1N1CCNCC1.[2H]CF. The number of carboxylic acid groups (broad SMARTS) is 1. The van der Waals surface area contributed by atoms with Crippen LogP contribution in [-0.2, 0) is 31.2 Å². The van der Waals surface area contributed by atoms with Crippen molar-refractivity contribution in [3.63, 3.8) is 0 Å². The summed E-state index contributed by atoms with van der Waals surface area (Å²) in [4.78, 5) is 49.0. The Kier molecular flexibility index (Phi) is 31.5. The molecule has 580 valence electrons. The van der Waals surface area contributed by atoms with Crippen LogP contribution in [0.1, 0.15) is 110 Å². The van der Waals surface area contributed by atoms with Crippen molar-refractivity contribution in [3.8, 4) is 18.2 Å².